The second kappa shape index (κ2) is 5.86. The molecule has 2 nitrogen and oxygen atoms in total. The van der Waals surface area contributed by atoms with Crippen molar-refractivity contribution in [3.63, 3.8) is 0 Å². The van der Waals surface area contributed by atoms with Crippen LogP contribution in [-0.2, 0) is 6.54 Å². The highest BCUT2D eigenvalue weighted by Gasteiger charge is 2.20. The Bertz CT molecular complexity index is 590. The standard InChI is InChI=1S/C17H18ClNO/c1-12-2-8-16(9-3-12)20-17-10-14(18)5-4-13(17)11-19-15-6-7-15/h2-5,8-10,15,19H,6-7,11H2,1H3. The number of rotatable bonds is 5. The quantitative estimate of drug-likeness (QED) is 0.861. The van der Waals surface area contributed by atoms with Crippen LogP contribution >= 0.6 is 11.6 Å². The summed E-state index contributed by atoms with van der Waals surface area (Å²) in [5, 5.41) is 4.20. The van der Waals surface area contributed by atoms with Crippen molar-refractivity contribution in [3.8, 4) is 11.5 Å². The Morgan fingerprint density at radius 2 is 1.90 bits per heavy atom. The van der Waals surface area contributed by atoms with Crippen LogP contribution in [0.4, 0.5) is 0 Å². The van der Waals surface area contributed by atoms with E-state index < -0.39 is 0 Å². The Balaban J connectivity index is 1.78. The van der Waals surface area contributed by atoms with Gasteiger partial charge in [0.1, 0.15) is 11.5 Å². The molecule has 1 fully saturated rings. The summed E-state index contributed by atoms with van der Waals surface area (Å²) >= 11 is 6.08. The summed E-state index contributed by atoms with van der Waals surface area (Å²) in [6, 6.07) is 14.5. The third-order valence-corrected chi connectivity index (χ3v) is 3.67. The van der Waals surface area contributed by atoms with Gasteiger partial charge in [0.2, 0.25) is 0 Å². The SMILES string of the molecule is Cc1ccc(Oc2cc(Cl)ccc2CNC2CC2)cc1. The number of aryl methyl sites for hydroxylation is 1. The molecule has 104 valence electrons. The third-order valence-electron chi connectivity index (χ3n) is 3.44. The lowest BCUT2D eigenvalue weighted by Crippen LogP contribution is -2.15. The molecule has 0 atom stereocenters. The van der Waals surface area contributed by atoms with E-state index in [1.165, 1.54) is 18.4 Å². The van der Waals surface area contributed by atoms with Crippen molar-refractivity contribution in [2.75, 3.05) is 0 Å². The lowest BCUT2D eigenvalue weighted by molar-refractivity contribution is 0.472. The highest BCUT2D eigenvalue weighted by atomic mass is 35.5. The molecule has 0 unspecified atom stereocenters. The minimum absolute atomic E-state index is 0.679. The maximum absolute atomic E-state index is 6.08. The van der Waals surface area contributed by atoms with E-state index in [0.29, 0.717) is 11.1 Å². The van der Waals surface area contributed by atoms with Crippen molar-refractivity contribution in [1.29, 1.82) is 0 Å². The average molecular weight is 288 g/mol. The molecule has 2 aromatic carbocycles. The van der Waals surface area contributed by atoms with Gasteiger partial charge in [-0.25, -0.2) is 0 Å². The zero-order chi connectivity index (χ0) is 13.9. The van der Waals surface area contributed by atoms with Crippen molar-refractivity contribution < 1.29 is 4.74 Å². The van der Waals surface area contributed by atoms with Crippen LogP contribution < -0.4 is 10.1 Å². The Morgan fingerprint density at radius 1 is 1.15 bits per heavy atom. The molecule has 3 rings (SSSR count). The first kappa shape index (κ1) is 13.5. The Morgan fingerprint density at radius 3 is 2.60 bits per heavy atom. The number of benzene rings is 2. The molecular weight excluding hydrogens is 270 g/mol. The van der Waals surface area contributed by atoms with Gasteiger partial charge in [0.25, 0.3) is 0 Å². The summed E-state index contributed by atoms with van der Waals surface area (Å²) in [5.41, 5.74) is 2.36. The van der Waals surface area contributed by atoms with Crippen molar-refractivity contribution in [2.24, 2.45) is 0 Å². The van der Waals surface area contributed by atoms with Gasteiger partial charge in [-0.2, -0.15) is 0 Å². The number of hydrogen-bond acceptors (Lipinski definition) is 2. The summed E-state index contributed by atoms with van der Waals surface area (Å²) in [6.07, 6.45) is 2.56. The van der Waals surface area contributed by atoms with Crippen molar-refractivity contribution in [3.05, 3.63) is 58.6 Å². The zero-order valence-corrected chi connectivity index (χ0v) is 12.3. The normalized spacial score (nSPS) is 14.3. The predicted octanol–water partition coefficient (Wildman–Crippen LogP) is 4.69. The maximum atomic E-state index is 6.08. The van der Waals surface area contributed by atoms with E-state index in [1.54, 1.807) is 0 Å². The summed E-state index contributed by atoms with van der Waals surface area (Å²) in [5.74, 6) is 1.67. The van der Waals surface area contributed by atoms with Crippen LogP contribution in [0.3, 0.4) is 0 Å². The van der Waals surface area contributed by atoms with Crippen LogP contribution in [0.15, 0.2) is 42.5 Å². The molecule has 1 N–H and O–H groups in total. The van der Waals surface area contributed by atoms with Gasteiger partial charge >= 0.3 is 0 Å². The summed E-state index contributed by atoms with van der Waals surface area (Å²) < 4.78 is 5.97. The molecule has 0 aliphatic heterocycles. The molecule has 0 heterocycles. The second-order valence-electron chi connectivity index (χ2n) is 5.32. The predicted molar refractivity (Wildman–Crippen MR) is 82.6 cm³/mol. The monoisotopic (exact) mass is 287 g/mol. The van der Waals surface area contributed by atoms with Gasteiger partial charge in [-0.3, -0.25) is 0 Å². The Labute approximate surface area is 124 Å². The lowest BCUT2D eigenvalue weighted by Gasteiger charge is -2.12. The molecular formula is C17H18ClNO. The number of halogens is 1. The molecule has 1 saturated carbocycles. The van der Waals surface area contributed by atoms with Crippen molar-refractivity contribution in [2.45, 2.75) is 32.4 Å². The van der Waals surface area contributed by atoms with Crippen LogP contribution in [0.5, 0.6) is 11.5 Å². The summed E-state index contributed by atoms with van der Waals surface area (Å²) in [6.45, 7) is 2.89. The third kappa shape index (κ3) is 3.53. The van der Waals surface area contributed by atoms with Crippen LogP contribution in [0.25, 0.3) is 0 Å². The highest BCUT2D eigenvalue weighted by molar-refractivity contribution is 6.30. The van der Waals surface area contributed by atoms with E-state index in [9.17, 15) is 0 Å². The van der Waals surface area contributed by atoms with Crippen molar-refractivity contribution >= 4 is 11.6 Å². The fraction of sp³-hybridized carbons (Fsp3) is 0.294. The molecule has 0 saturated heterocycles. The van der Waals surface area contributed by atoms with Crippen molar-refractivity contribution in [1.82, 2.24) is 5.32 Å². The molecule has 20 heavy (non-hydrogen) atoms. The van der Waals surface area contributed by atoms with E-state index in [1.807, 2.05) is 42.5 Å². The van der Waals surface area contributed by atoms with Crippen LogP contribution in [0.1, 0.15) is 24.0 Å². The van der Waals surface area contributed by atoms with E-state index in [0.717, 1.165) is 23.6 Å². The molecule has 0 radical (unpaired) electrons. The molecule has 0 aromatic heterocycles. The minimum Gasteiger partial charge on any atom is -0.457 e. The van der Waals surface area contributed by atoms with Gasteiger partial charge in [0.15, 0.2) is 0 Å². The first-order valence-corrected chi connectivity index (χ1v) is 7.35. The van der Waals surface area contributed by atoms with Gasteiger partial charge in [-0.05, 0) is 44.0 Å². The fourth-order valence-corrected chi connectivity index (χ4v) is 2.21. The van der Waals surface area contributed by atoms with Gasteiger partial charge in [0, 0.05) is 23.2 Å². The first-order chi connectivity index (χ1) is 9.70. The number of hydrogen-bond donors (Lipinski definition) is 1. The molecule has 1 aliphatic rings. The second-order valence-corrected chi connectivity index (χ2v) is 5.76. The molecule has 0 amide bonds. The molecule has 2 aromatic rings. The highest BCUT2D eigenvalue weighted by Crippen LogP contribution is 2.29. The van der Waals surface area contributed by atoms with Crippen LogP contribution in [0.2, 0.25) is 5.02 Å². The van der Waals surface area contributed by atoms with Gasteiger partial charge < -0.3 is 10.1 Å². The Kier molecular flexibility index (Phi) is 3.95. The maximum Gasteiger partial charge on any atom is 0.133 e. The number of nitrogens with one attached hydrogen (secondary N) is 1. The molecule has 0 bridgehead atoms. The lowest BCUT2D eigenvalue weighted by atomic mass is 10.2. The van der Waals surface area contributed by atoms with Crippen LogP contribution in [-0.4, -0.2) is 6.04 Å². The van der Waals surface area contributed by atoms with Gasteiger partial charge in [-0.15, -0.1) is 0 Å². The largest absolute Gasteiger partial charge is 0.457 e. The van der Waals surface area contributed by atoms with E-state index in [2.05, 4.69) is 12.2 Å². The topological polar surface area (TPSA) is 21.3 Å². The fourth-order valence-electron chi connectivity index (χ4n) is 2.04. The minimum atomic E-state index is 0.679. The van der Waals surface area contributed by atoms with Gasteiger partial charge in [0.05, 0.1) is 0 Å². The number of ether oxygens (including phenoxy) is 1. The molecule has 1 aliphatic carbocycles. The zero-order valence-electron chi connectivity index (χ0n) is 11.5. The van der Waals surface area contributed by atoms with Crippen LogP contribution in [0, 0.1) is 6.92 Å². The molecule has 3 heteroatoms. The summed E-state index contributed by atoms with van der Waals surface area (Å²) in [7, 11) is 0. The van der Waals surface area contributed by atoms with E-state index in [4.69, 9.17) is 16.3 Å². The molecule has 0 spiro atoms. The van der Waals surface area contributed by atoms with E-state index >= 15 is 0 Å². The van der Waals surface area contributed by atoms with Gasteiger partial charge in [-0.1, -0.05) is 35.4 Å². The van der Waals surface area contributed by atoms with E-state index in [-0.39, 0.29) is 0 Å². The first-order valence-electron chi connectivity index (χ1n) is 6.97. The smallest absolute Gasteiger partial charge is 0.133 e. The summed E-state index contributed by atoms with van der Waals surface area (Å²) in [4.78, 5) is 0. The average Bonchev–Trinajstić information content (AvgIpc) is 3.25. The Hall–Kier alpha value is -1.51.